The van der Waals surface area contributed by atoms with Crippen LogP contribution in [0.5, 0.6) is 0 Å². The first kappa shape index (κ1) is 26.7. The van der Waals surface area contributed by atoms with Crippen LogP contribution in [0.1, 0.15) is 77.7 Å². The minimum Gasteiger partial charge on any atom is -0.444 e. The average Bonchev–Trinajstić information content (AvgIpc) is 2.81. The van der Waals surface area contributed by atoms with E-state index in [2.05, 4.69) is 4.90 Å². The molecule has 2 atom stereocenters. The molecule has 1 aromatic carbocycles. The zero-order valence-electron chi connectivity index (χ0n) is 21.4. The fraction of sp³-hybridized carbons (Fsp3) is 0.741. The Hall–Kier alpha value is -1.86. The van der Waals surface area contributed by atoms with Crippen molar-refractivity contribution in [3.05, 3.63) is 29.6 Å². The second-order valence-corrected chi connectivity index (χ2v) is 10.8. The standard InChI is InChI=1S/C27H43FN2O4/c1-26(2,3)34-25(31)30-18-11-12-21(20-30)27(32,15-6-9-19-33-4)22-13-10-14-23(28)24(22)29-16-7-5-8-17-29/h10,13-14,21,32H,5-9,11-12,15-20H2,1-4H3. The van der Waals surface area contributed by atoms with Gasteiger partial charge in [0.15, 0.2) is 0 Å². The summed E-state index contributed by atoms with van der Waals surface area (Å²) in [6.45, 7) is 8.78. The topological polar surface area (TPSA) is 62.2 Å². The molecule has 1 N–H and O–H groups in total. The number of hydrogen-bond acceptors (Lipinski definition) is 5. The van der Waals surface area contributed by atoms with Crippen molar-refractivity contribution in [3.8, 4) is 0 Å². The number of amides is 1. The number of rotatable bonds is 8. The third kappa shape index (κ3) is 6.63. The summed E-state index contributed by atoms with van der Waals surface area (Å²) >= 11 is 0. The van der Waals surface area contributed by atoms with E-state index < -0.39 is 11.2 Å². The predicted molar refractivity (Wildman–Crippen MR) is 133 cm³/mol. The van der Waals surface area contributed by atoms with Crippen LogP contribution in [-0.2, 0) is 15.1 Å². The molecule has 2 aliphatic rings. The van der Waals surface area contributed by atoms with Crippen LogP contribution in [-0.4, -0.2) is 61.6 Å². The Morgan fingerprint density at radius 2 is 1.85 bits per heavy atom. The molecule has 7 heteroatoms. The van der Waals surface area contributed by atoms with E-state index in [-0.39, 0.29) is 17.8 Å². The van der Waals surface area contributed by atoms with Crippen LogP contribution in [0, 0.1) is 11.7 Å². The first-order chi connectivity index (χ1) is 16.2. The third-order valence-electron chi connectivity index (χ3n) is 7.03. The van der Waals surface area contributed by atoms with E-state index >= 15 is 4.39 Å². The van der Waals surface area contributed by atoms with Crippen LogP contribution < -0.4 is 4.90 Å². The number of methoxy groups -OCH3 is 1. The molecule has 0 radical (unpaired) electrons. The number of ether oxygens (including phenoxy) is 2. The summed E-state index contributed by atoms with van der Waals surface area (Å²) in [4.78, 5) is 16.6. The molecule has 1 amide bonds. The molecule has 0 saturated carbocycles. The number of anilines is 1. The van der Waals surface area contributed by atoms with Crippen LogP contribution in [0.3, 0.4) is 0 Å². The molecule has 0 aliphatic carbocycles. The third-order valence-corrected chi connectivity index (χ3v) is 7.03. The van der Waals surface area contributed by atoms with Crippen LogP contribution in [0.25, 0.3) is 0 Å². The van der Waals surface area contributed by atoms with Crippen LogP contribution >= 0.6 is 0 Å². The minimum atomic E-state index is -1.25. The Bertz CT molecular complexity index is 806. The number of hydrogen-bond donors (Lipinski definition) is 1. The maximum Gasteiger partial charge on any atom is 0.410 e. The molecule has 1 aromatic rings. The molecule has 0 spiro atoms. The van der Waals surface area contributed by atoms with Crippen molar-refractivity contribution < 1.29 is 23.8 Å². The van der Waals surface area contributed by atoms with E-state index in [9.17, 15) is 9.90 Å². The molecular formula is C27H43FN2O4. The lowest BCUT2D eigenvalue weighted by atomic mass is 9.73. The molecule has 3 rings (SSSR count). The van der Waals surface area contributed by atoms with E-state index in [1.54, 1.807) is 18.1 Å². The normalized spacial score (nSPS) is 21.3. The van der Waals surface area contributed by atoms with Crippen molar-refractivity contribution in [3.63, 3.8) is 0 Å². The highest BCUT2D eigenvalue weighted by molar-refractivity contribution is 5.68. The molecule has 2 heterocycles. The van der Waals surface area contributed by atoms with E-state index in [4.69, 9.17) is 9.47 Å². The number of para-hydroxylation sites is 1. The summed E-state index contributed by atoms with van der Waals surface area (Å²) in [5.41, 5.74) is -0.637. The van der Waals surface area contributed by atoms with Gasteiger partial charge in [-0.3, -0.25) is 0 Å². The molecular weight excluding hydrogens is 435 g/mol. The highest BCUT2D eigenvalue weighted by Crippen LogP contribution is 2.45. The summed E-state index contributed by atoms with van der Waals surface area (Å²) in [7, 11) is 1.67. The van der Waals surface area contributed by atoms with Crippen molar-refractivity contribution in [2.45, 2.75) is 83.3 Å². The van der Waals surface area contributed by atoms with Gasteiger partial charge in [0.05, 0.1) is 11.3 Å². The van der Waals surface area contributed by atoms with Crippen molar-refractivity contribution >= 4 is 11.8 Å². The molecule has 192 valence electrons. The van der Waals surface area contributed by atoms with Gasteiger partial charge in [-0.05, 0) is 78.2 Å². The second-order valence-electron chi connectivity index (χ2n) is 10.8. The minimum absolute atomic E-state index is 0.207. The van der Waals surface area contributed by atoms with Gasteiger partial charge in [-0.15, -0.1) is 0 Å². The zero-order valence-corrected chi connectivity index (χ0v) is 21.4. The van der Waals surface area contributed by atoms with Crippen LogP contribution in [0.2, 0.25) is 0 Å². The SMILES string of the molecule is COCCCCC(O)(c1cccc(F)c1N1CCCCC1)C1CCCN(C(=O)OC(C)(C)C)C1. The van der Waals surface area contributed by atoms with Gasteiger partial charge in [0.1, 0.15) is 11.4 Å². The quantitative estimate of drug-likeness (QED) is 0.502. The predicted octanol–water partition coefficient (Wildman–Crippen LogP) is 5.47. The highest BCUT2D eigenvalue weighted by atomic mass is 19.1. The Balaban J connectivity index is 1.94. The Morgan fingerprint density at radius 3 is 2.53 bits per heavy atom. The van der Waals surface area contributed by atoms with Crippen molar-refractivity contribution in [1.82, 2.24) is 4.90 Å². The molecule has 0 aromatic heterocycles. The number of unbranched alkanes of at least 4 members (excludes halogenated alkanes) is 1. The van der Waals surface area contributed by atoms with Crippen molar-refractivity contribution in [1.29, 1.82) is 0 Å². The number of carbonyl (C=O) groups excluding carboxylic acids is 1. The van der Waals surface area contributed by atoms with Gasteiger partial charge in [0.25, 0.3) is 0 Å². The van der Waals surface area contributed by atoms with Crippen molar-refractivity contribution in [2.24, 2.45) is 5.92 Å². The smallest absolute Gasteiger partial charge is 0.410 e. The van der Waals surface area contributed by atoms with E-state index in [0.29, 0.717) is 37.4 Å². The molecule has 0 bridgehead atoms. The summed E-state index contributed by atoms with van der Waals surface area (Å²) in [5, 5.41) is 12.4. The lowest BCUT2D eigenvalue weighted by Gasteiger charge is -2.44. The van der Waals surface area contributed by atoms with Crippen molar-refractivity contribution in [2.75, 3.05) is 44.8 Å². The van der Waals surface area contributed by atoms with Gasteiger partial charge in [0, 0.05) is 51.4 Å². The number of piperidine rings is 2. The number of carbonyl (C=O) groups is 1. The largest absolute Gasteiger partial charge is 0.444 e. The van der Waals surface area contributed by atoms with Gasteiger partial charge in [-0.2, -0.15) is 0 Å². The van der Waals surface area contributed by atoms with E-state index in [0.717, 1.165) is 58.0 Å². The monoisotopic (exact) mass is 478 g/mol. The summed E-state index contributed by atoms with van der Waals surface area (Å²) < 4.78 is 26.1. The number of nitrogens with zero attached hydrogens (tertiary/aromatic N) is 2. The molecule has 2 saturated heterocycles. The zero-order chi connectivity index (χ0) is 24.8. The van der Waals surface area contributed by atoms with E-state index in [1.807, 2.05) is 26.8 Å². The average molecular weight is 479 g/mol. The van der Waals surface area contributed by atoms with E-state index in [1.165, 1.54) is 6.07 Å². The molecule has 2 unspecified atom stereocenters. The summed E-state index contributed by atoms with van der Waals surface area (Å²) in [6, 6.07) is 5.08. The molecule has 6 nitrogen and oxygen atoms in total. The van der Waals surface area contributed by atoms with Gasteiger partial charge >= 0.3 is 6.09 Å². The molecule has 2 fully saturated rings. The number of halogens is 1. The maximum absolute atomic E-state index is 15.3. The fourth-order valence-electron chi connectivity index (χ4n) is 5.36. The second kappa shape index (κ2) is 11.7. The first-order valence-electron chi connectivity index (χ1n) is 12.9. The lowest BCUT2D eigenvalue weighted by Crippen LogP contribution is -2.50. The summed E-state index contributed by atoms with van der Waals surface area (Å²) in [5.74, 6) is -0.490. The molecule has 2 aliphatic heterocycles. The highest BCUT2D eigenvalue weighted by Gasteiger charge is 2.44. The fourth-order valence-corrected chi connectivity index (χ4v) is 5.36. The van der Waals surface area contributed by atoms with Crippen LogP contribution in [0.4, 0.5) is 14.9 Å². The number of likely N-dealkylation sites (tertiary alicyclic amines) is 1. The summed E-state index contributed by atoms with van der Waals surface area (Å²) in [6.07, 6.45) is 6.46. The van der Waals surface area contributed by atoms with Gasteiger partial charge < -0.3 is 24.4 Å². The Labute approximate surface area is 204 Å². The van der Waals surface area contributed by atoms with Crippen LogP contribution in [0.15, 0.2) is 18.2 Å². The van der Waals surface area contributed by atoms with Gasteiger partial charge in [0.2, 0.25) is 0 Å². The number of benzene rings is 1. The maximum atomic E-state index is 15.3. The lowest BCUT2D eigenvalue weighted by molar-refractivity contribution is -0.0640. The Morgan fingerprint density at radius 1 is 1.12 bits per heavy atom. The molecule has 34 heavy (non-hydrogen) atoms. The Kier molecular flexibility index (Phi) is 9.21. The first-order valence-corrected chi connectivity index (χ1v) is 12.9. The number of aliphatic hydroxyl groups is 1. The van der Waals surface area contributed by atoms with Gasteiger partial charge in [-0.1, -0.05) is 12.1 Å². The van der Waals surface area contributed by atoms with Gasteiger partial charge in [-0.25, -0.2) is 9.18 Å².